The van der Waals surface area contributed by atoms with E-state index in [0.717, 1.165) is 31.2 Å². The Hall–Kier alpha value is -1.77. The molecule has 0 amide bonds. The first-order chi connectivity index (χ1) is 12.0. The summed E-state index contributed by atoms with van der Waals surface area (Å²) >= 11 is 0. The third kappa shape index (κ3) is 6.86. The van der Waals surface area contributed by atoms with Gasteiger partial charge < -0.3 is 8.92 Å². The second kappa shape index (κ2) is 9.25. The number of carbonyl (C=O) groups is 1. The molecule has 1 aromatic carbocycles. The topological polar surface area (TPSA) is 69.7 Å². The van der Waals surface area contributed by atoms with Crippen LogP contribution >= 0.6 is 0 Å². The Morgan fingerprint density at radius 1 is 1.08 bits per heavy atom. The lowest BCUT2D eigenvalue weighted by atomic mass is 9.79. The lowest BCUT2D eigenvalue weighted by Gasteiger charge is -2.26. The predicted molar refractivity (Wildman–Crippen MR) is 90.1 cm³/mol. The van der Waals surface area contributed by atoms with Crippen LogP contribution in [0.2, 0.25) is 0 Å². The number of esters is 1. The zero-order valence-electron chi connectivity index (χ0n) is 14.9. The third-order valence-corrected chi connectivity index (χ3v) is 5.12. The van der Waals surface area contributed by atoms with Crippen molar-refractivity contribution in [2.45, 2.75) is 51.0 Å². The molecular weight excluding hydrogens is 373 g/mol. The minimum Gasteiger partial charge on any atom is -0.469 e. The van der Waals surface area contributed by atoms with E-state index in [9.17, 15) is 26.4 Å². The number of hydrogen-bond acceptors (Lipinski definition) is 5. The normalized spacial score (nSPS) is 20.5. The van der Waals surface area contributed by atoms with Crippen LogP contribution in [-0.4, -0.2) is 27.0 Å². The number of benzene rings is 1. The van der Waals surface area contributed by atoms with Crippen molar-refractivity contribution >= 4 is 16.1 Å². The van der Waals surface area contributed by atoms with Crippen LogP contribution < -0.4 is 4.18 Å². The largest absolute Gasteiger partial charge is 0.534 e. The van der Waals surface area contributed by atoms with E-state index in [-0.39, 0.29) is 11.7 Å². The van der Waals surface area contributed by atoms with Crippen LogP contribution in [0.5, 0.6) is 5.75 Å². The molecule has 1 aromatic rings. The third-order valence-electron chi connectivity index (χ3n) is 4.14. The molecule has 1 fully saturated rings. The van der Waals surface area contributed by atoms with Crippen LogP contribution in [-0.2, 0) is 19.6 Å². The minimum absolute atomic E-state index is 0.245. The maximum Gasteiger partial charge on any atom is 0.534 e. The quantitative estimate of drug-likeness (QED) is 0.431. The smallest absolute Gasteiger partial charge is 0.469 e. The van der Waals surface area contributed by atoms with Gasteiger partial charge in [-0.2, -0.15) is 21.6 Å². The second-order valence-electron chi connectivity index (χ2n) is 6.20. The van der Waals surface area contributed by atoms with Gasteiger partial charge in [-0.15, -0.1) is 0 Å². The molecule has 0 spiro atoms. The summed E-state index contributed by atoms with van der Waals surface area (Å²) in [5.41, 5.74) is -4.40. The molecule has 0 saturated heterocycles. The van der Waals surface area contributed by atoms with Crippen molar-refractivity contribution in [1.82, 2.24) is 0 Å². The molecule has 0 bridgehead atoms. The van der Waals surface area contributed by atoms with E-state index >= 15 is 0 Å². The summed E-state index contributed by atoms with van der Waals surface area (Å²) < 4.78 is 66.6. The number of methoxy groups -OCH3 is 1. The van der Waals surface area contributed by atoms with Crippen molar-refractivity contribution in [3.8, 4) is 5.75 Å². The van der Waals surface area contributed by atoms with Gasteiger partial charge in [-0.25, -0.2) is 0 Å². The van der Waals surface area contributed by atoms with Gasteiger partial charge in [0.05, 0.1) is 7.11 Å². The molecule has 2 rings (SSSR count). The minimum atomic E-state index is -5.60. The van der Waals surface area contributed by atoms with E-state index in [2.05, 4.69) is 15.8 Å². The lowest BCUT2D eigenvalue weighted by Crippen LogP contribution is -2.28. The number of alkyl halides is 3. The van der Waals surface area contributed by atoms with Gasteiger partial charge in [0.15, 0.2) is 0 Å². The Kier molecular flexibility index (Phi) is 7.92. The Morgan fingerprint density at radius 2 is 1.54 bits per heavy atom. The molecule has 9 heteroatoms. The maximum atomic E-state index is 12.2. The standard InChI is InChI=1S/C14H17F3O3S.C3H6O2/c1-10-2-4-11(5-3-10)12-6-8-13(9-7-12)20-21(18,19)14(15,16)17;1-3(4)5-2/h6-11H,2-5H2,1H3;1-2H3. The van der Waals surface area contributed by atoms with Crippen molar-refractivity contribution in [1.29, 1.82) is 0 Å². The highest BCUT2D eigenvalue weighted by molar-refractivity contribution is 7.88. The molecule has 1 aliphatic rings. The molecule has 0 unspecified atom stereocenters. The highest BCUT2D eigenvalue weighted by atomic mass is 32.2. The molecule has 0 radical (unpaired) electrons. The van der Waals surface area contributed by atoms with Crippen LogP contribution in [0.4, 0.5) is 13.2 Å². The first-order valence-electron chi connectivity index (χ1n) is 8.11. The molecule has 0 aliphatic heterocycles. The number of carbonyl (C=O) groups excluding carboxylic acids is 1. The van der Waals surface area contributed by atoms with Gasteiger partial charge in [0.1, 0.15) is 5.75 Å². The van der Waals surface area contributed by atoms with E-state index in [0.29, 0.717) is 11.8 Å². The van der Waals surface area contributed by atoms with E-state index in [1.165, 1.54) is 26.2 Å². The zero-order chi connectivity index (χ0) is 20.0. The Balaban J connectivity index is 0.000000597. The highest BCUT2D eigenvalue weighted by Crippen LogP contribution is 2.36. The summed E-state index contributed by atoms with van der Waals surface area (Å²) in [6.45, 7) is 3.56. The summed E-state index contributed by atoms with van der Waals surface area (Å²) in [7, 11) is -4.25. The first-order valence-corrected chi connectivity index (χ1v) is 9.52. The van der Waals surface area contributed by atoms with E-state index in [1.54, 1.807) is 12.1 Å². The molecule has 0 atom stereocenters. The molecule has 1 saturated carbocycles. The van der Waals surface area contributed by atoms with Gasteiger partial charge in [-0.3, -0.25) is 4.79 Å². The Labute approximate surface area is 151 Å². The van der Waals surface area contributed by atoms with Gasteiger partial charge in [0.2, 0.25) is 0 Å². The number of halogens is 3. The molecule has 5 nitrogen and oxygen atoms in total. The SMILES string of the molecule is CC1CCC(c2ccc(OS(=O)(=O)C(F)(F)F)cc2)CC1.COC(C)=O. The monoisotopic (exact) mass is 396 g/mol. The van der Waals surface area contributed by atoms with Gasteiger partial charge in [-0.05, 0) is 42.4 Å². The summed E-state index contributed by atoms with van der Waals surface area (Å²) in [6.07, 6.45) is 4.35. The first kappa shape index (κ1) is 22.3. The summed E-state index contributed by atoms with van der Waals surface area (Å²) in [5.74, 6) is 0.528. The van der Waals surface area contributed by atoms with Gasteiger partial charge in [0.25, 0.3) is 0 Å². The summed E-state index contributed by atoms with van der Waals surface area (Å²) in [6, 6.07) is 5.83. The van der Waals surface area contributed by atoms with E-state index < -0.39 is 15.6 Å². The van der Waals surface area contributed by atoms with Crippen LogP contribution in [0.1, 0.15) is 51.0 Å². The van der Waals surface area contributed by atoms with Crippen LogP contribution in [0.15, 0.2) is 24.3 Å². The zero-order valence-corrected chi connectivity index (χ0v) is 15.7. The van der Waals surface area contributed by atoms with Crippen LogP contribution in [0.3, 0.4) is 0 Å². The van der Waals surface area contributed by atoms with Gasteiger partial charge in [0, 0.05) is 6.92 Å². The van der Waals surface area contributed by atoms with E-state index in [1.807, 2.05) is 0 Å². The fraction of sp³-hybridized carbons (Fsp3) is 0.588. The van der Waals surface area contributed by atoms with Crippen molar-refractivity contribution in [3.05, 3.63) is 29.8 Å². The Morgan fingerprint density at radius 3 is 1.92 bits per heavy atom. The van der Waals surface area contributed by atoms with Gasteiger partial charge >= 0.3 is 21.6 Å². The average molecular weight is 396 g/mol. The summed E-state index contributed by atoms with van der Waals surface area (Å²) in [5, 5.41) is 0. The molecule has 1 aliphatic carbocycles. The summed E-state index contributed by atoms with van der Waals surface area (Å²) in [4.78, 5) is 9.59. The average Bonchev–Trinajstić information content (AvgIpc) is 2.55. The Bertz CT molecular complexity index is 675. The molecule has 0 aromatic heterocycles. The molecule has 0 heterocycles. The highest BCUT2D eigenvalue weighted by Gasteiger charge is 2.48. The van der Waals surface area contributed by atoms with Gasteiger partial charge in [-0.1, -0.05) is 31.9 Å². The fourth-order valence-corrected chi connectivity index (χ4v) is 3.02. The van der Waals surface area contributed by atoms with E-state index in [4.69, 9.17) is 0 Å². The number of hydrogen-bond donors (Lipinski definition) is 0. The second-order valence-corrected chi connectivity index (χ2v) is 7.74. The maximum absolute atomic E-state index is 12.2. The molecular formula is C17H23F3O5S. The van der Waals surface area contributed by atoms with Crippen molar-refractivity contribution in [3.63, 3.8) is 0 Å². The molecule has 0 N–H and O–H groups in total. The van der Waals surface area contributed by atoms with Crippen molar-refractivity contribution in [2.75, 3.05) is 7.11 Å². The number of ether oxygens (including phenoxy) is 1. The van der Waals surface area contributed by atoms with Crippen molar-refractivity contribution < 1.29 is 35.3 Å². The fourth-order valence-electron chi connectivity index (χ4n) is 2.56. The molecule has 26 heavy (non-hydrogen) atoms. The molecule has 148 valence electrons. The predicted octanol–water partition coefficient (Wildman–Crippen LogP) is 4.39. The van der Waals surface area contributed by atoms with Crippen LogP contribution in [0, 0.1) is 5.92 Å². The lowest BCUT2D eigenvalue weighted by molar-refractivity contribution is -0.137. The van der Waals surface area contributed by atoms with Crippen molar-refractivity contribution in [2.24, 2.45) is 5.92 Å². The van der Waals surface area contributed by atoms with Crippen LogP contribution in [0.25, 0.3) is 0 Å². The number of rotatable bonds is 3.